The van der Waals surface area contributed by atoms with E-state index in [1.807, 2.05) is 30.3 Å². The Labute approximate surface area is 121 Å². The van der Waals surface area contributed by atoms with E-state index in [1.165, 1.54) is 12.1 Å². The van der Waals surface area contributed by atoms with Crippen LogP contribution in [-0.4, -0.2) is 15.0 Å². The second-order valence-corrected chi connectivity index (χ2v) is 4.56. The number of benzene rings is 2. The van der Waals surface area contributed by atoms with Crippen molar-refractivity contribution in [2.75, 3.05) is 0 Å². The minimum Gasteiger partial charge on any atom is -0.271 e. The molecule has 1 unspecified atom stereocenters. The zero-order chi connectivity index (χ0) is 14.7. The van der Waals surface area contributed by atoms with Crippen molar-refractivity contribution in [3.8, 4) is 5.69 Å². The Morgan fingerprint density at radius 2 is 1.76 bits per heavy atom. The van der Waals surface area contributed by atoms with Crippen molar-refractivity contribution >= 4 is 0 Å². The van der Waals surface area contributed by atoms with E-state index in [9.17, 15) is 4.39 Å². The second-order valence-electron chi connectivity index (χ2n) is 4.56. The Kier molecular flexibility index (Phi) is 3.72. The first-order valence-electron chi connectivity index (χ1n) is 6.47. The van der Waals surface area contributed by atoms with E-state index in [-0.39, 0.29) is 11.9 Å². The van der Waals surface area contributed by atoms with E-state index in [2.05, 4.69) is 15.7 Å². The van der Waals surface area contributed by atoms with Crippen molar-refractivity contribution in [2.45, 2.75) is 6.04 Å². The predicted octanol–water partition coefficient (Wildman–Crippen LogP) is 1.96. The summed E-state index contributed by atoms with van der Waals surface area (Å²) in [5.41, 5.74) is 5.21. The highest BCUT2D eigenvalue weighted by molar-refractivity contribution is 5.35. The van der Waals surface area contributed by atoms with Crippen molar-refractivity contribution < 1.29 is 4.39 Å². The molecule has 0 bridgehead atoms. The van der Waals surface area contributed by atoms with Crippen molar-refractivity contribution in [2.24, 2.45) is 5.84 Å². The maximum absolute atomic E-state index is 13.1. The van der Waals surface area contributed by atoms with Crippen molar-refractivity contribution in [1.82, 2.24) is 20.4 Å². The molecule has 1 atom stereocenters. The summed E-state index contributed by atoms with van der Waals surface area (Å²) in [5.74, 6) is 5.38. The van der Waals surface area contributed by atoms with Crippen LogP contribution in [0.1, 0.15) is 17.3 Å². The highest BCUT2D eigenvalue weighted by atomic mass is 19.1. The Balaban J connectivity index is 2.03. The molecule has 0 spiro atoms. The number of aromatic nitrogens is 3. The fourth-order valence-electron chi connectivity index (χ4n) is 2.22. The topological polar surface area (TPSA) is 68.8 Å². The van der Waals surface area contributed by atoms with E-state index < -0.39 is 0 Å². The Hall–Kier alpha value is -2.57. The van der Waals surface area contributed by atoms with Crippen LogP contribution in [-0.2, 0) is 0 Å². The maximum Gasteiger partial charge on any atom is 0.123 e. The highest BCUT2D eigenvalue weighted by Crippen LogP contribution is 2.22. The third-order valence-electron chi connectivity index (χ3n) is 3.24. The van der Waals surface area contributed by atoms with Crippen LogP contribution >= 0.6 is 0 Å². The summed E-state index contributed by atoms with van der Waals surface area (Å²) < 4.78 is 14.8. The van der Waals surface area contributed by atoms with E-state index in [1.54, 1.807) is 23.0 Å². The second kappa shape index (κ2) is 5.82. The van der Waals surface area contributed by atoms with Gasteiger partial charge in [0.15, 0.2) is 0 Å². The monoisotopic (exact) mass is 283 g/mol. The molecule has 1 heterocycles. The smallest absolute Gasteiger partial charge is 0.123 e. The standard InChI is InChI=1S/C15H14FN5/c16-12-8-6-11(7-9-12)15(19-17)14-10-18-20-21(14)13-4-2-1-3-5-13/h1-10,15,19H,17H2. The molecule has 3 aromatic rings. The third-order valence-corrected chi connectivity index (χ3v) is 3.24. The molecule has 0 aliphatic carbocycles. The first-order valence-corrected chi connectivity index (χ1v) is 6.47. The normalized spacial score (nSPS) is 12.3. The predicted molar refractivity (Wildman–Crippen MR) is 76.9 cm³/mol. The molecule has 5 nitrogen and oxygen atoms in total. The number of nitrogens with one attached hydrogen (secondary N) is 1. The van der Waals surface area contributed by atoms with Crippen molar-refractivity contribution in [3.63, 3.8) is 0 Å². The summed E-state index contributed by atoms with van der Waals surface area (Å²) in [5, 5.41) is 8.05. The fourth-order valence-corrected chi connectivity index (χ4v) is 2.22. The molecular formula is C15H14FN5. The van der Waals surface area contributed by atoms with Crippen LogP contribution in [0.5, 0.6) is 0 Å². The van der Waals surface area contributed by atoms with Gasteiger partial charge in [0.25, 0.3) is 0 Å². The zero-order valence-electron chi connectivity index (χ0n) is 11.1. The summed E-state index contributed by atoms with van der Waals surface area (Å²) >= 11 is 0. The minimum atomic E-state index is -0.333. The summed E-state index contributed by atoms with van der Waals surface area (Å²) in [7, 11) is 0. The lowest BCUT2D eigenvalue weighted by Gasteiger charge is -2.17. The van der Waals surface area contributed by atoms with Gasteiger partial charge in [-0.1, -0.05) is 35.5 Å². The van der Waals surface area contributed by atoms with Crippen molar-refractivity contribution in [3.05, 3.63) is 77.9 Å². The molecule has 2 aromatic carbocycles. The van der Waals surface area contributed by atoms with Crippen LogP contribution in [0.4, 0.5) is 4.39 Å². The van der Waals surface area contributed by atoms with Gasteiger partial charge in [0.2, 0.25) is 0 Å². The van der Waals surface area contributed by atoms with Gasteiger partial charge >= 0.3 is 0 Å². The first-order chi connectivity index (χ1) is 10.3. The first kappa shape index (κ1) is 13.4. The quantitative estimate of drug-likeness (QED) is 0.567. The number of hydrogen-bond donors (Lipinski definition) is 2. The number of hydrazine groups is 1. The molecular weight excluding hydrogens is 269 g/mol. The van der Waals surface area contributed by atoms with E-state index in [0.717, 1.165) is 16.9 Å². The largest absolute Gasteiger partial charge is 0.271 e. The summed E-state index contributed by atoms with van der Waals surface area (Å²) in [6, 6.07) is 15.5. The van der Waals surface area contributed by atoms with Crippen LogP contribution in [0.15, 0.2) is 60.8 Å². The van der Waals surface area contributed by atoms with Gasteiger partial charge in [-0.2, -0.15) is 0 Å². The molecule has 21 heavy (non-hydrogen) atoms. The lowest BCUT2D eigenvalue weighted by Crippen LogP contribution is -2.30. The van der Waals surface area contributed by atoms with E-state index in [4.69, 9.17) is 5.84 Å². The van der Waals surface area contributed by atoms with Gasteiger partial charge in [-0.05, 0) is 29.8 Å². The highest BCUT2D eigenvalue weighted by Gasteiger charge is 2.18. The third kappa shape index (κ3) is 2.67. The molecule has 0 aliphatic rings. The van der Waals surface area contributed by atoms with Gasteiger partial charge in [-0.3, -0.25) is 5.84 Å². The molecule has 0 saturated carbocycles. The Bertz CT molecular complexity index is 708. The van der Waals surface area contributed by atoms with Crippen molar-refractivity contribution in [1.29, 1.82) is 0 Å². The number of para-hydroxylation sites is 1. The molecule has 3 N–H and O–H groups in total. The summed E-state index contributed by atoms with van der Waals surface area (Å²) in [6.07, 6.45) is 1.64. The SMILES string of the molecule is NNC(c1ccc(F)cc1)c1cnnn1-c1ccccc1. The average molecular weight is 283 g/mol. The Morgan fingerprint density at radius 1 is 1.05 bits per heavy atom. The zero-order valence-corrected chi connectivity index (χ0v) is 11.1. The van der Waals surface area contributed by atoms with E-state index in [0.29, 0.717) is 0 Å². The maximum atomic E-state index is 13.1. The minimum absolute atomic E-state index is 0.288. The van der Waals surface area contributed by atoms with Crippen LogP contribution in [0.3, 0.4) is 0 Å². The number of nitrogens with two attached hydrogens (primary N) is 1. The Morgan fingerprint density at radius 3 is 2.43 bits per heavy atom. The molecule has 0 amide bonds. The molecule has 0 radical (unpaired) electrons. The van der Waals surface area contributed by atoms with E-state index >= 15 is 0 Å². The molecule has 0 fully saturated rings. The molecule has 106 valence electrons. The lowest BCUT2D eigenvalue weighted by atomic mass is 10.0. The average Bonchev–Trinajstić information content (AvgIpc) is 3.00. The van der Waals surface area contributed by atoms with Crippen LogP contribution in [0.2, 0.25) is 0 Å². The van der Waals surface area contributed by atoms with Gasteiger partial charge < -0.3 is 0 Å². The van der Waals surface area contributed by atoms with Gasteiger partial charge in [-0.25, -0.2) is 14.5 Å². The van der Waals surface area contributed by atoms with Gasteiger partial charge in [0, 0.05) is 0 Å². The van der Waals surface area contributed by atoms with Gasteiger partial charge in [-0.15, -0.1) is 5.10 Å². The molecule has 3 rings (SSSR count). The number of rotatable bonds is 4. The summed E-state index contributed by atoms with van der Waals surface area (Å²) in [4.78, 5) is 0. The molecule has 0 saturated heterocycles. The van der Waals surface area contributed by atoms with Gasteiger partial charge in [0.1, 0.15) is 5.82 Å². The number of halogens is 1. The number of hydrogen-bond acceptors (Lipinski definition) is 4. The fraction of sp³-hybridized carbons (Fsp3) is 0.0667. The van der Waals surface area contributed by atoms with Crippen LogP contribution < -0.4 is 11.3 Å². The van der Waals surface area contributed by atoms with Crippen LogP contribution in [0.25, 0.3) is 5.69 Å². The lowest BCUT2D eigenvalue weighted by molar-refractivity contribution is 0.590. The molecule has 6 heteroatoms. The van der Waals surface area contributed by atoms with Gasteiger partial charge in [0.05, 0.1) is 23.6 Å². The number of nitrogens with zero attached hydrogens (tertiary/aromatic N) is 3. The van der Waals surface area contributed by atoms with Crippen LogP contribution in [0, 0.1) is 5.82 Å². The molecule has 1 aromatic heterocycles. The molecule has 0 aliphatic heterocycles. The summed E-state index contributed by atoms with van der Waals surface area (Å²) in [6.45, 7) is 0.